The second-order valence-corrected chi connectivity index (χ2v) is 8.31. The zero-order valence-corrected chi connectivity index (χ0v) is 16.3. The van der Waals surface area contributed by atoms with Crippen molar-refractivity contribution in [3.8, 4) is 5.75 Å². The number of nitrogens with one attached hydrogen (secondary N) is 1. The van der Waals surface area contributed by atoms with E-state index in [4.69, 9.17) is 0 Å². The molecule has 0 radical (unpaired) electrons. The quantitative estimate of drug-likeness (QED) is 0.625. The number of carbonyl (C=O) groups excluding carboxylic acids is 1. The van der Waals surface area contributed by atoms with Gasteiger partial charge in [-0.25, -0.2) is 8.42 Å². The summed E-state index contributed by atoms with van der Waals surface area (Å²) in [5, 5.41) is 2.41. The van der Waals surface area contributed by atoms with E-state index in [1.807, 2.05) is 0 Å². The molecule has 3 aromatic rings. The van der Waals surface area contributed by atoms with Crippen molar-refractivity contribution < 1.29 is 31.1 Å². The first-order valence-corrected chi connectivity index (χ1v) is 10.1. The van der Waals surface area contributed by atoms with Crippen LogP contribution in [0.4, 0.5) is 18.9 Å². The number of ether oxygens (including phenoxy) is 1. The number of benzene rings is 2. The van der Waals surface area contributed by atoms with Gasteiger partial charge in [-0.1, -0.05) is 6.07 Å². The minimum Gasteiger partial charge on any atom is -0.406 e. The van der Waals surface area contributed by atoms with Crippen molar-refractivity contribution in [2.45, 2.75) is 11.3 Å². The van der Waals surface area contributed by atoms with Gasteiger partial charge in [0.25, 0.3) is 0 Å². The van der Waals surface area contributed by atoms with Crippen LogP contribution in [0.15, 0.2) is 47.4 Å². The fourth-order valence-electron chi connectivity index (χ4n) is 2.39. The molecular weight excluding hydrogens is 433 g/mol. The van der Waals surface area contributed by atoms with Gasteiger partial charge in [-0.05, 0) is 36.4 Å². The Kier molecular flexibility index (Phi) is 5.73. The van der Waals surface area contributed by atoms with Crippen LogP contribution < -0.4 is 10.1 Å². The number of fused-ring (bicyclic) bond motifs is 1. The highest BCUT2D eigenvalue weighted by Gasteiger charge is 2.31. The summed E-state index contributed by atoms with van der Waals surface area (Å²) >= 11 is 0.872. The van der Waals surface area contributed by atoms with Crippen molar-refractivity contribution >= 4 is 44.4 Å². The van der Waals surface area contributed by atoms with Gasteiger partial charge in [-0.15, -0.1) is 13.2 Å². The minimum absolute atomic E-state index is 0.0762. The van der Waals surface area contributed by atoms with E-state index in [-0.39, 0.29) is 16.1 Å². The third kappa shape index (κ3) is 4.99. The maximum Gasteiger partial charge on any atom is 0.573 e. The lowest BCUT2D eigenvalue weighted by Crippen LogP contribution is -2.35. The van der Waals surface area contributed by atoms with E-state index in [9.17, 15) is 26.4 Å². The molecule has 1 amide bonds. The summed E-state index contributed by atoms with van der Waals surface area (Å²) in [7, 11) is -2.79. The van der Waals surface area contributed by atoms with Crippen molar-refractivity contribution in [2.75, 3.05) is 18.9 Å². The van der Waals surface area contributed by atoms with Crippen LogP contribution in [0.5, 0.6) is 5.75 Å². The second kappa shape index (κ2) is 7.93. The number of nitrogens with zero attached hydrogens (tertiary/aromatic N) is 3. The molecule has 3 rings (SSSR count). The number of hydrogen-bond acceptors (Lipinski definition) is 7. The number of rotatable bonds is 6. The van der Waals surface area contributed by atoms with Gasteiger partial charge in [0.1, 0.15) is 21.7 Å². The number of hydrogen-bond donors (Lipinski definition) is 1. The Morgan fingerprint density at radius 1 is 1.17 bits per heavy atom. The lowest BCUT2D eigenvalue weighted by Gasteiger charge is -2.17. The highest BCUT2D eigenvalue weighted by atomic mass is 32.2. The number of anilines is 1. The molecule has 1 aromatic heterocycles. The number of aromatic nitrogens is 2. The maximum atomic E-state index is 12.8. The predicted molar refractivity (Wildman–Crippen MR) is 99.0 cm³/mol. The Morgan fingerprint density at radius 2 is 1.86 bits per heavy atom. The Labute approximate surface area is 167 Å². The number of sulfonamides is 1. The molecular formula is C16H13F3N4O4S2. The van der Waals surface area contributed by atoms with Crippen molar-refractivity contribution in [2.24, 2.45) is 0 Å². The Balaban J connectivity index is 1.68. The van der Waals surface area contributed by atoms with Gasteiger partial charge >= 0.3 is 6.36 Å². The molecule has 1 heterocycles. The molecule has 13 heteroatoms. The zero-order chi connectivity index (χ0) is 21.2. The van der Waals surface area contributed by atoms with Gasteiger partial charge in [-0.2, -0.15) is 13.1 Å². The average Bonchev–Trinajstić information content (AvgIpc) is 3.10. The molecule has 0 atom stereocenters. The highest BCUT2D eigenvalue weighted by molar-refractivity contribution is 7.89. The fourth-order valence-corrected chi connectivity index (χ4v) is 4.26. The van der Waals surface area contributed by atoms with E-state index in [0.29, 0.717) is 5.52 Å². The van der Waals surface area contributed by atoms with Crippen LogP contribution in [0.25, 0.3) is 11.0 Å². The van der Waals surface area contributed by atoms with Crippen LogP contribution in [-0.2, 0) is 14.8 Å². The molecule has 2 aromatic carbocycles. The van der Waals surface area contributed by atoms with Crippen LogP contribution in [0.1, 0.15) is 0 Å². The molecule has 0 spiro atoms. The van der Waals surface area contributed by atoms with E-state index in [0.717, 1.165) is 28.2 Å². The summed E-state index contributed by atoms with van der Waals surface area (Å²) in [4.78, 5) is 12.1. The molecule has 8 nitrogen and oxygen atoms in total. The molecule has 0 fully saturated rings. The van der Waals surface area contributed by atoms with Crippen molar-refractivity contribution in [1.29, 1.82) is 0 Å². The molecule has 0 aliphatic heterocycles. The van der Waals surface area contributed by atoms with Crippen molar-refractivity contribution in [1.82, 2.24) is 13.1 Å². The number of likely N-dealkylation sites (N-methyl/N-ethyl adjacent to an activating group) is 1. The molecule has 154 valence electrons. The number of halogens is 3. The molecule has 0 aliphatic carbocycles. The standard InChI is InChI=1S/C16H13F3N4O4S2/c1-23(29(25,26)13-4-2-3-12-15(13)22-28-21-12)9-14(24)20-10-5-7-11(8-6-10)27-16(17,18)19/h2-8H,9H2,1H3,(H,20,24). The normalized spacial score (nSPS) is 12.3. The van der Waals surface area contributed by atoms with Gasteiger partial charge < -0.3 is 10.1 Å². The summed E-state index contributed by atoms with van der Waals surface area (Å²) < 4.78 is 74.6. The average molecular weight is 446 g/mol. The Hall–Kier alpha value is -2.77. The monoisotopic (exact) mass is 446 g/mol. The molecule has 1 N–H and O–H groups in total. The first-order chi connectivity index (χ1) is 13.6. The Bertz CT molecular complexity index is 1130. The van der Waals surface area contributed by atoms with Crippen molar-refractivity contribution in [3.63, 3.8) is 0 Å². The largest absolute Gasteiger partial charge is 0.573 e. The summed E-state index contributed by atoms with van der Waals surface area (Å²) in [6, 6.07) is 8.97. The topological polar surface area (TPSA) is 101 Å². The van der Waals surface area contributed by atoms with Gasteiger partial charge in [0, 0.05) is 12.7 Å². The third-order valence-corrected chi connectivity index (χ3v) is 6.05. The first kappa shape index (κ1) is 21.0. The fraction of sp³-hybridized carbons (Fsp3) is 0.188. The van der Waals surface area contributed by atoms with E-state index >= 15 is 0 Å². The van der Waals surface area contributed by atoms with Crippen LogP contribution in [0, 0.1) is 0 Å². The predicted octanol–water partition coefficient (Wildman–Crippen LogP) is 2.85. The number of alkyl halides is 3. The Morgan fingerprint density at radius 3 is 2.52 bits per heavy atom. The van der Waals surface area contributed by atoms with Crippen LogP contribution >= 0.6 is 11.7 Å². The van der Waals surface area contributed by atoms with Crippen molar-refractivity contribution in [3.05, 3.63) is 42.5 Å². The van der Waals surface area contributed by atoms with Gasteiger partial charge in [0.2, 0.25) is 15.9 Å². The smallest absolute Gasteiger partial charge is 0.406 e. The van der Waals surface area contributed by atoms with Gasteiger partial charge in [-0.3, -0.25) is 4.79 Å². The molecule has 0 unspecified atom stereocenters. The van der Waals surface area contributed by atoms with Crippen LogP contribution in [-0.4, -0.2) is 47.3 Å². The summed E-state index contributed by atoms with van der Waals surface area (Å²) in [6.07, 6.45) is -4.82. The van der Waals surface area contributed by atoms with E-state index < -0.39 is 34.6 Å². The van der Waals surface area contributed by atoms with Gasteiger partial charge in [0.05, 0.1) is 18.3 Å². The molecule has 29 heavy (non-hydrogen) atoms. The lowest BCUT2D eigenvalue weighted by molar-refractivity contribution is -0.274. The van der Waals surface area contributed by atoms with Gasteiger partial charge in [0.15, 0.2) is 0 Å². The number of amides is 1. The first-order valence-electron chi connectivity index (χ1n) is 7.89. The molecule has 0 saturated carbocycles. The third-order valence-electron chi connectivity index (χ3n) is 3.68. The summed E-state index contributed by atoms with van der Waals surface area (Å²) in [5.74, 6) is -1.12. The maximum absolute atomic E-state index is 12.8. The zero-order valence-electron chi connectivity index (χ0n) is 14.7. The van der Waals surface area contributed by atoms with E-state index in [1.165, 1.54) is 31.3 Å². The SMILES string of the molecule is CN(CC(=O)Nc1ccc(OC(F)(F)F)cc1)S(=O)(=O)c1cccc2nsnc12. The molecule has 0 bridgehead atoms. The molecule has 0 saturated heterocycles. The summed E-state index contributed by atoms with van der Waals surface area (Å²) in [6.45, 7) is -0.517. The number of carbonyl (C=O) groups is 1. The minimum atomic E-state index is -4.82. The highest BCUT2D eigenvalue weighted by Crippen LogP contribution is 2.25. The van der Waals surface area contributed by atoms with E-state index in [2.05, 4.69) is 18.8 Å². The summed E-state index contributed by atoms with van der Waals surface area (Å²) in [5.41, 5.74) is 0.821. The van der Waals surface area contributed by atoms with Crippen LogP contribution in [0.2, 0.25) is 0 Å². The second-order valence-electron chi connectivity index (χ2n) is 5.77. The van der Waals surface area contributed by atoms with Crippen LogP contribution in [0.3, 0.4) is 0 Å². The lowest BCUT2D eigenvalue weighted by atomic mass is 10.3. The molecule has 0 aliphatic rings. The van der Waals surface area contributed by atoms with E-state index in [1.54, 1.807) is 6.07 Å².